The Balaban J connectivity index is 0.000000164. The zero-order valence-electron chi connectivity index (χ0n) is 77.0. The molecule has 6 heterocycles. The number of rotatable bonds is 35. The van der Waals surface area contributed by atoms with Crippen LogP contribution in [0.1, 0.15) is 236 Å². The number of ether oxygens (including phenoxy) is 3. The maximum absolute atomic E-state index is 12.9. The van der Waals surface area contributed by atoms with E-state index in [1.54, 1.807) is 81.3 Å². The van der Waals surface area contributed by atoms with Crippen molar-refractivity contribution in [3.05, 3.63) is 122 Å². The molecule has 0 radical (unpaired) electrons. The predicted octanol–water partition coefficient (Wildman–Crippen LogP) is 18.4. The summed E-state index contributed by atoms with van der Waals surface area (Å²) >= 11 is 19.3. The van der Waals surface area contributed by atoms with Crippen LogP contribution >= 0.6 is 34.8 Å². The Kier molecular flexibility index (Phi) is 31.6. The van der Waals surface area contributed by atoms with Crippen LogP contribution in [-0.4, -0.2) is 181 Å². The van der Waals surface area contributed by atoms with Crippen LogP contribution in [0.5, 0.6) is 17.2 Å². The van der Waals surface area contributed by atoms with Gasteiger partial charge in [-0.1, -0.05) is 62.5 Å². The van der Waals surface area contributed by atoms with Gasteiger partial charge in [-0.05, 0) is 280 Å². The number of nitrogens with zero attached hydrogens (tertiary/aromatic N) is 13. The monoisotopic (exact) mass is 1870 g/mol. The third kappa shape index (κ3) is 25.1. The fraction of sp³-hybridized carbons (Fsp3) is 0.571. The Morgan fingerprint density at radius 1 is 0.391 bits per heavy atom. The second-order valence-corrected chi connectivity index (χ2v) is 45.4. The maximum atomic E-state index is 12.9. The van der Waals surface area contributed by atoms with E-state index in [2.05, 4.69) is 197 Å². The Morgan fingerprint density at radius 2 is 0.664 bits per heavy atom. The quantitative estimate of drug-likeness (QED) is 0.0178. The Bertz CT molecular complexity index is 5490. The highest BCUT2D eigenvalue weighted by molar-refractivity contribution is 7.92. The second-order valence-electron chi connectivity index (χ2n) is 36.9. The number of nitrogens with one attached hydrogen (secondary N) is 9. The lowest BCUT2D eigenvalue weighted by molar-refractivity contribution is 0.302. The molecule has 696 valence electrons. The molecule has 0 atom stereocenters. The summed E-state index contributed by atoms with van der Waals surface area (Å²) in [6, 6.07) is 15.7. The van der Waals surface area contributed by atoms with Crippen molar-refractivity contribution < 1.29 is 39.5 Å². The lowest BCUT2D eigenvalue weighted by atomic mass is 9.80. The summed E-state index contributed by atoms with van der Waals surface area (Å²) in [6.45, 7) is 27.1. The minimum absolute atomic E-state index is 0.0514. The molecule has 0 unspecified atom stereocenters. The SMILES string of the molecule is Cc1cc(Nc2ncc(Cl)c(Nc3cn(C)nc3S(=O)(=O)C(C)C)n2)c(OC2CC2)cc1C1CCC(NC(C)C)CC1.Cc1cc(Nc2ncc(Cl)c(Nc3cn(C)nc3S(=O)(=O)C(C)C)n2)c(OC2CC2)cc1C1CCC(NC(C)C)CC1.Cc1cc(Nc2ncc(Cl)c(Nc3cn(C)nc3S(=O)(=O)C(C)C)n2)c(OC2CC2)cc1C1CCC(NCCN(C)C)CC1. The molecule has 9 N–H and O–H groups in total. The van der Waals surface area contributed by atoms with E-state index in [4.69, 9.17) is 49.0 Å². The van der Waals surface area contributed by atoms with Gasteiger partial charge in [0.2, 0.25) is 62.4 Å². The van der Waals surface area contributed by atoms with E-state index in [0.29, 0.717) is 82.9 Å². The number of benzene rings is 3. The first-order chi connectivity index (χ1) is 60.7. The summed E-state index contributed by atoms with van der Waals surface area (Å²) in [5.74, 6) is 5.64. The average molecular weight is 1880 g/mol. The van der Waals surface area contributed by atoms with Crippen molar-refractivity contribution in [3.63, 3.8) is 0 Å². The number of hydrogen-bond donors (Lipinski definition) is 9. The average Bonchev–Trinajstić information content (AvgIpc) is 1.76. The van der Waals surface area contributed by atoms with Gasteiger partial charge in [-0.15, -0.1) is 0 Å². The predicted molar refractivity (Wildman–Crippen MR) is 510 cm³/mol. The molecule has 31 nitrogen and oxygen atoms in total. The molecule has 6 aliphatic carbocycles. The van der Waals surface area contributed by atoms with Gasteiger partial charge in [-0.2, -0.15) is 30.2 Å². The molecule has 6 saturated carbocycles. The number of aryl methyl sites for hydroxylation is 6. The van der Waals surface area contributed by atoms with Gasteiger partial charge in [0, 0.05) is 83.0 Å². The van der Waals surface area contributed by atoms with Crippen molar-refractivity contribution in [2.75, 3.05) is 59.1 Å². The van der Waals surface area contributed by atoms with Crippen LogP contribution < -0.4 is 62.1 Å². The van der Waals surface area contributed by atoms with Gasteiger partial charge < -0.3 is 67.0 Å². The largest absolute Gasteiger partial charge is 0.488 e. The van der Waals surface area contributed by atoms with Crippen molar-refractivity contribution in [3.8, 4) is 17.2 Å². The fourth-order valence-electron chi connectivity index (χ4n) is 16.5. The molecule has 6 aliphatic rings. The normalized spacial score (nSPS) is 19.2. The number of anilines is 12. The summed E-state index contributed by atoms with van der Waals surface area (Å²) in [7, 11) is -1.69. The highest BCUT2D eigenvalue weighted by atomic mass is 35.5. The lowest BCUT2D eigenvalue weighted by Gasteiger charge is -2.32. The third-order valence-electron chi connectivity index (χ3n) is 24.0. The maximum Gasteiger partial charge on any atom is 0.229 e. The Labute approximate surface area is 770 Å². The number of halogens is 3. The molecular formula is C91H129Cl3N22O9S3. The molecule has 0 amide bonds. The zero-order chi connectivity index (χ0) is 92.0. The molecule has 0 spiro atoms. The topological polar surface area (TPSA) is 372 Å². The van der Waals surface area contributed by atoms with E-state index >= 15 is 0 Å². The Morgan fingerprint density at radius 3 is 0.914 bits per heavy atom. The molecule has 37 heteroatoms. The van der Waals surface area contributed by atoms with Crippen LogP contribution in [0.3, 0.4) is 0 Å². The van der Waals surface area contributed by atoms with Crippen LogP contribution in [0.25, 0.3) is 0 Å². The van der Waals surface area contributed by atoms with Crippen molar-refractivity contribution in [1.29, 1.82) is 0 Å². The first kappa shape index (κ1) is 96.8. The standard InChI is InChI=1S/C31H45ClN8O3S.2C30H42ClN7O3S/c1-19(2)44(41,42)30-27(18-40(6)38-30)35-29-25(32)17-34-31(37-29)36-26-15-20(3)24(16-28(26)43-23-11-12-23)21-7-9-22(10-8-21)33-13-14-39(4)5;2*1-17(2)33-21-9-7-20(8-10-21)23-14-27(41-22-11-12-22)25(13-19(23)5)35-30-32-15-24(31)28(36-30)34-26-16-38(6)37-29(26)42(39,40)18(3)4/h15-19,21-23,33H,7-14H2,1-6H3,(H2,34,35,36,37);2*13-18,20-22,33H,7-12H2,1-6H3,(H2,32,34,35,36). The van der Waals surface area contributed by atoms with Crippen LogP contribution in [0.15, 0.2) is 88.7 Å². The molecule has 9 aromatic rings. The summed E-state index contributed by atoms with van der Waals surface area (Å²) < 4.78 is 101. The number of sulfone groups is 3. The molecule has 6 aromatic heterocycles. The fourth-order valence-corrected chi connectivity index (χ4v) is 20.3. The van der Waals surface area contributed by atoms with Crippen LogP contribution in [0.4, 0.5) is 69.4 Å². The van der Waals surface area contributed by atoms with E-state index in [-0.39, 0.29) is 65.9 Å². The van der Waals surface area contributed by atoms with Gasteiger partial charge in [0.15, 0.2) is 17.5 Å². The third-order valence-corrected chi connectivity index (χ3v) is 31.1. The molecule has 128 heavy (non-hydrogen) atoms. The van der Waals surface area contributed by atoms with Crippen molar-refractivity contribution >= 4 is 134 Å². The molecule has 15 rings (SSSR count). The molecular weight excluding hydrogens is 1750 g/mol. The van der Waals surface area contributed by atoms with Crippen LogP contribution in [0, 0.1) is 20.8 Å². The minimum atomic E-state index is -3.64. The van der Waals surface area contributed by atoms with Crippen LogP contribution in [-0.2, 0) is 50.7 Å². The summed E-state index contributed by atoms with van der Waals surface area (Å²) in [5.41, 5.74) is 10.9. The van der Waals surface area contributed by atoms with Gasteiger partial charge >= 0.3 is 0 Å². The first-order valence-electron chi connectivity index (χ1n) is 45.1. The molecule has 3 aromatic carbocycles. The summed E-state index contributed by atoms with van der Waals surface area (Å²) in [6.07, 6.45) is 30.1. The molecule has 0 saturated heterocycles. The highest BCUT2D eigenvalue weighted by Crippen LogP contribution is 2.47. The van der Waals surface area contributed by atoms with E-state index in [9.17, 15) is 25.3 Å². The number of hydrogen-bond acceptors (Lipinski definition) is 28. The molecule has 6 fully saturated rings. The lowest BCUT2D eigenvalue weighted by Crippen LogP contribution is -2.37. The number of aromatic nitrogens is 12. The molecule has 0 aliphatic heterocycles. The van der Waals surface area contributed by atoms with Gasteiger partial charge in [-0.25, -0.2) is 40.2 Å². The van der Waals surface area contributed by atoms with Gasteiger partial charge in [0.25, 0.3) is 0 Å². The van der Waals surface area contributed by atoms with Crippen LogP contribution in [0.2, 0.25) is 15.1 Å². The smallest absolute Gasteiger partial charge is 0.229 e. The van der Waals surface area contributed by atoms with Gasteiger partial charge in [0.05, 0.1) is 86.8 Å². The summed E-state index contributed by atoms with van der Waals surface area (Å²) in [5, 5.41) is 41.6. The Hall–Kier alpha value is -8.71. The van der Waals surface area contributed by atoms with Crippen molar-refractivity contribution in [2.24, 2.45) is 21.1 Å². The van der Waals surface area contributed by atoms with Crippen molar-refractivity contribution in [1.82, 2.24) is 80.1 Å². The van der Waals surface area contributed by atoms with Gasteiger partial charge in [0.1, 0.15) is 32.3 Å². The van der Waals surface area contributed by atoms with E-state index in [0.717, 1.165) is 124 Å². The first-order valence-corrected chi connectivity index (χ1v) is 50.8. The summed E-state index contributed by atoms with van der Waals surface area (Å²) in [4.78, 5) is 29.2. The molecule has 0 bridgehead atoms. The minimum Gasteiger partial charge on any atom is -0.488 e. The highest BCUT2D eigenvalue weighted by Gasteiger charge is 2.36. The van der Waals surface area contributed by atoms with E-state index < -0.39 is 45.3 Å². The van der Waals surface area contributed by atoms with E-state index in [1.165, 1.54) is 105 Å². The second kappa shape index (κ2) is 41.8. The van der Waals surface area contributed by atoms with Crippen molar-refractivity contribution in [2.45, 2.75) is 303 Å². The van der Waals surface area contributed by atoms with E-state index in [1.807, 2.05) is 0 Å². The number of likely N-dealkylation sites (N-methyl/N-ethyl adjacent to an activating group) is 1. The zero-order valence-corrected chi connectivity index (χ0v) is 81.7. The van der Waals surface area contributed by atoms with Gasteiger partial charge in [-0.3, -0.25) is 14.0 Å².